The monoisotopic (exact) mass is 321 g/mol. The molecule has 0 aliphatic rings. The molecule has 0 aliphatic carbocycles. The van der Waals surface area contributed by atoms with E-state index in [0.29, 0.717) is 15.6 Å². The molecule has 1 heterocycles. The van der Waals surface area contributed by atoms with Crippen LogP contribution in [0.2, 0.25) is 10.0 Å². The fraction of sp³-hybridized carbons (Fsp3) is 0.0833. The summed E-state index contributed by atoms with van der Waals surface area (Å²) in [6.45, 7) is -0.172. The first-order valence-electron chi connectivity index (χ1n) is 5.41. The van der Waals surface area contributed by atoms with Gasteiger partial charge in [0.1, 0.15) is 12.1 Å². The molecule has 21 heavy (non-hydrogen) atoms. The van der Waals surface area contributed by atoms with Gasteiger partial charge in [-0.3, -0.25) is 0 Å². The molecule has 1 aromatic carbocycles. The van der Waals surface area contributed by atoms with Crippen molar-refractivity contribution in [1.82, 2.24) is 10.2 Å². The van der Waals surface area contributed by atoms with Crippen LogP contribution in [0.1, 0.15) is 5.89 Å². The standard InChI is InChI=1S/C12H5Cl2N5O2/c13-8-1-7(2-9(14)3-8)12-18-17-11(21-12)6-20-19-10(4-15)5-16/h1-3H,6H2. The number of rotatable bonds is 4. The molecule has 0 radical (unpaired) electrons. The van der Waals surface area contributed by atoms with Gasteiger partial charge in [-0.2, -0.15) is 10.5 Å². The summed E-state index contributed by atoms with van der Waals surface area (Å²) in [6, 6.07) is 7.91. The Kier molecular flexibility index (Phi) is 4.72. The summed E-state index contributed by atoms with van der Waals surface area (Å²) in [5.41, 5.74) is 0.154. The average molecular weight is 322 g/mol. The Hall–Kier alpha value is -2.61. The van der Waals surface area contributed by atoms with Crippen LogP contribution in [0.5, 0.6) is 0 Å². The zero-order valence-electron chi connectivity index (χ0n) is 10.2. The second kappa shape index (κ2) is 6.71. The Balaban J connectivity index is 2.10. The molecule has 0 spiro atoms. The predicted octanol–water partition coefficient (Wildman–Crippen LogP) is 2.96. The Morgan fingerprint density at radius 3 is 2.48 bits per heavy atom. The van der Waals surface area contributed by atoms with Crippen molar-refractivity contribution < 1.29 is 9.25 Å². The van der Waals surface area contributed by atoms with Gasteiger partial charge in [0.05, 0.1) is 0 Å². The van der Waals surface area contributed by atoms with Crippen molar-refractivity contribution in [1.29, 1.82) is 10.5 Å². The number of nitrogens with zero attached hydrogens (tertiary/aromatic N) is 5. The molecule has 0 aliphatic heterocycles. The molecule has 0 saturated carbocycles. The van der Waals surface area contributed by atoms with Gasteiger partial charge in [-0.25, -0.2) is 0 Å². The molecule has 0 atom stereocenters. The van der Waals surface area contributed by atoms with Crippen LogP contribution in [0.25, 0.3) is 11.5 Å². The van der Waals surface area contributed by atoms with Crippen molar-refractivity contribution in [3.63, 3.8) is 0 Å². The summed E-state index contributed by atoms with van der Waals surface area (Å²) < 4.78 is 5.33. The molecule has 0 saturated heterocycles. The highest BCUT2D eigenvalue weighted by molar-refractivity contribution is 6.35. The van der Waals surface area contributed by atoms with Crippen LogP contribution in [0, 0.1) is 22.7 Å². The van der Waals surface area contributed by atoms with E-state index >= 15 is 0 Å². The SMILES string of the molecule is N#CC(C#N)=NOCc1nnc(-c2cc(Cl)cc(Cl)c2)o1. The maximum atomic E-state index is 8.47. The van der Waals surface area contributed by atoms with Crippen molar-refractivity contribution >= 4 is 28.9 Å². The number of oxime groups is 1. The van der Waals surface area contributed by atoms with Gasteiger partial charge in [0, 0.05) is 15.6 Å². The van der Waals surface area contributed by atoms with E-state index in [1.807, 2.05) is 0 Å². The predicted molar refractivity (Wildman–Crippen MR) is 73.2 cm³/mol. The minimum atomic E-state index is -0.406. The fourth-order valence-electron chi connectivity index (χ4n) is 1.32. The molecule has 104 valence electrons. The largest absolute Gasteiger partial charge is 0.417 e. The van der Waals surface area contributed by atoms with Gasteiger partial charge < -0.3 is 9.25 Å². The lowest BCUT2D eigenvalue weighted by Gasteiger charge is -1.97. The third-order valence-corrected chi connectivity index (χ3v) is 2.57. The third-order valence-electron chi connectivity index (χ3n) is 2.13. The first kappa shape index (κ1) is 14.8. The summed E-state index contributed by atoms with van der Waals surface area (Å²) in [4.78, 5) is 4.75. The van der Waals surface area contributed by atoms with E-state index in [-0.39, 0.29) is 18.4 Å². The number of benzene rings is 1. The van der Waals surface area contributed by atoms with Crippen LogP contribution < -0.4 is 0 Å². The molecule has 1 aromatic heterocycles. The second-order valence-electron chi connectivity index (χ2n) is 3.60. The lowest BCUT2D eigenvalue weighted by Crippen LogP contribution is -1.93. The summed E-state index contributed by atoms with van der Waals surface area (Å²) in [6.07, 6.45) is 0. The number of hydrogen-bond acceptors (Lipinski definition) is 7. The molecule has 9 heteroatoms. The van der Waals surface area contributed by atoms with Crippen molar-refractivity contribution in [2.45, 2.75) is 6.61 Å². The molecule has 2 rings (SSSR count). The van der Waals surface area contributed by atoms with Crippen molar-refractivity contribution in [2.24, 2.45) is 5.16 Å². The third kappa shape index (κ3) is 3.93. The lowest BCUT2D eigenvalue weighted by atomic mass is 10.2. The van der Waals surface area contributed by atoms with Gasteiger partial charge in [0.2, 0.25) is 5.89 Å². The first-order chi connectivity index (χ1) is 10.1. The summed E-state index contributed by atoms with van der Waals surface area (Å²) in [7, 11) is 0. The van der Waals surface area contributed by atoms with Crippen LogP contribution in [0.4, 0.5) is 0 Å². The lowest BCUT2D eigenvalue weighted by molar-refractivity contribution is 0.112. The first-order valence-corrected chi connectivity index (χ1v) is 6.17. The van der Waals surface area contributed by atoms with E-state index in [9.17, 15) is 0 Å². The minimum Gasteiger partial charge on any atom is -0.417 e. The quantitative estimate of drug-likeness (QED) is 0.632. The Bertz CT molecular complexity index is 736. The minimum absolute atomic E-state index is 0.125. The average Bonchev–Trinajstić information content (AvgIpc) is 2.91. The van der Waals surface area contributed by atoms with Crippen LogP contribution in [-0.4, -0.2) is 15.9 Å². The smallest absolute Gasteiger partial charge is 0.257 e. The van der Waals surface area contributed by atoms with Crippen molar-refractivity contribution in [3.8, 4) is 23.6 Å². The van der Waals surface area contributed by atoms with Gasteiger partial charge in [0.25, 0.3) is 11.6 Å². The molecule has 0 amide bonds. The number of nitriles is 2. The number of aromatic nitrogens is 2. The van der Waals surface area contributed by atoms with E-state index in [1.54, 1.807) is 30.3 Å². The maximum Gasteiger partial charge on any atom is 0.257 e. The summed E-state index contributed by atoms with van der Waals surface area (Å²) in [5.74, 6) is 0.336. The van der Waals surface area contributed by atoms with E-state index in [1.165, 1.54) is 0 Å². The van der Waals surface area contributed by atoms with Crippen molar-refractivity contribution in [3.05, 3.63) is 34.1 Å². The topological polar surface area (TPSA) is 108 Å². The van der Waals surface area contributed by atoms with E-state index < -0.39 is 5.71 Å². The molecule has 0 bridgehead atoms. The van der Waals surface area contributed by atoms with E-state index in [0.717, 1.165) is 0 Å². The molecule has 7 nitrogen and oxygen atoms in total. The zero-order valence-corrected chi connectivity index (χ0v) is 11.8. The molecular formula is C12H5Cl2N5O2. The van der Waals surface area contributed by atoms with Gasteiger partial charge in [0.15, 0.2) is 6.61 Å². The molecule has 0 fully saturated rings. The molecule has 0 N–H and O–H groups in total. The van der Waals surface area contributed by atoms with Crippen LogP contribution >= 0.6 is 23.2 Å². The van der Waals surface area contributed by atoms with Crippen LogP contribution in [0.15, 0.2) is 27.8 Å². The fourth-order valence-corrected chi connectivity index (χ4v) is 1.85. The summed E-state index contributed by atoms with van der Waals surface area (Å²) >= 11 is 11.8. The highest BCUT2D eigenvalue weighted by Crippen LogP contribution is 2.26. The molecule has 2 aromatic rings. The van der Waals surface area contributed by atoms with Crippen LogP contribution in [0.3, 0.4) is 0 Å². The second-order valence-corrected chi connectivity index (χ2v) is 4.47. The van der Waals surface area contributed by atoms with Crippen molar-refractivity contribution in [2.75, 3.05) is 0 Å². The molecular weight excluding hydrogens is 317 g/mol. The zero-order chi connectivity index (χ0) is 15.2. The number of halogens is 2. The number of hydrogen-bond donors (Lipinski definition) is 0. The Morgan fingerprint density at radius 1 is 1.19 bits per heavy atom. The van der Waals surface area contributed by atoms with Gasteiger partial charge in [-0.05, 0) is 18.2 Å². The van der Waals surface area contributed by atoms with Gasteiger partial charge >= 0.3 is 0 Å². The highest BCUT2D eigenvalue weighted by Gasteiger charge is 2.10. The van der Waals surface area contributed by atoms with Gasteiger partial charge in [-0.15, -0.1) is 10.2 Å². The van der Waals surface area contributed by atoms with E-state index in [2.05, 4.69) is 15.4 Å². The maximum absolute atomic E-state index is 8.47. The van der Waals surface area contributed by atoms with Gasteiger partial charge in [-0.1, -0.05) is 28.4 Å². The summed E-state index contributed by atoms with van der Waals surface area (Å²) in [5, 5.41) is 28.7. The Morgan fingerprint density at radius 2 is 1.86 bits per heavy atom. The van der Waals surface area contributed by atoms with Crippen LogP contribution in [-0.2, 0) is 11.4 Å². The molecule has 0 unspecified atom stereocenters. The normalized spacial score (nSPS) is 9.52. The highest BCUT2D eigenvalue weighted by atomic mass is 35.5. The van der Waals surface area contributed by atoms with E-state index in [4.69, 9.17) is 43.0 Å². The Labute approximate surface area is 129 Å².